The number of nitrogens with zero attached hydrogens (tertiary/aromatic N) is 1. The summed E-state index contributed by atoms with van der Waals surface area (Å²) in [5.74, 6) is 11.3. The summed E-state index contributed by atoms with van der Waals surface area (Å²) in [7, 11) is -15.6. The Morgan fingerprint density at radius 1 is 0.297 bits per heavy atom. The van der Waals surface area contributed by atoms with Crippen LogP contribution in [0, 0.1) is 71.0 Å². The lowest BCUT2D eigenvalue weighted by Gasteiger charge is -2.37. The molecular formula is C126H202ClNO14S6. The maximum Gasteiger partial charge on any atom is 0.152 e. The standard InChI is InChI=1S/C24H39NO3S.2C22H36O2S.C21H34O2S.C19H30O3S.C18H27ClO2S/c1-18(2)29(26,27)17-23-9-7-21(8-10-23)5-6-22-11-13-24(14-12-22)25-15-19(3)28-20(4)16-25;1-17(2)25(23,24)16-20-10-8-18(9-11-20)6-7-19-12-14-21(15-13-19)22(3,4)5;1-5-18(4)22-14-12-20(13-15-22)7-6-19-8-10-21(11-9-19)16-25(23,24)17(2)3;1-16(2)21-13-11-19(12-14-21)6-5-18-7-9-20(10-8-18)15-24(22,23)17(3)4;1-15(2)23(20,21)14-18-8-6-16(7-9-18)4-5-17-10-12-19(22-3)13-11-17;1-14(2)22(20,21)13-17-7-5-15(6-8-17)3-4-16-9-11-18(19)12-10-16/h11-14,18-21,23H,5-10,15-17H2,1-4H3;12-15,17-18,20H,6-11,16H2,1-5H3;12-15,17-19,21H,5-11,16H2,1-4H3;11-14,16-18,20H,5-10,15H2,1-4H3;10-13,15-16,18H,4-9,14H2,1-3H3;9-12,14-15,17H,3-8,13H2,1-2H3/t19-,20+,21?,23?;;;;;. The van der Waals surface area contributed by atoms with Crippen molar-refractivity contribution in [3.8, 4) is 5.75 Å². The van der Waals surface area contributed by atoms with E-state index >= 15 is 0 Å². The third-order valence-corrected chi connectivity index (χ3v) is 48.9. The average molecular weight is 2180 g/mol. The van der Waals surface area contributed by atoms with Gasteiger partial charge in [-0.3, -0.25) is 0 Å². The molecule has 13 rings (SSSR count). The normalized spacial score (nSPS) is 23.7. The largest absolute Gasteiger partial charge is 0.497 e. The molecule has 1 unspecified atom stereocenters. The van der Waals surface area contributed by atoms with Gasteiger partial charge in [-0.25, -0.2) is 50.5 Å². The summed E-state index contributed by atoms with van der Waals surface area (Å²) < 4.78 is 156. The van der Waals surface area contributed by atoms with Crippen LogP contribution in [0.15, 0.2) is 146 Å². The average Bonchev–Trinajstić information content (AvgIpc) is 0.833. The van der Waals surface area contributed by atoms with E-state index in [0.29, 0.717) is 81.9 Å². The van der Waals surface area contributed by atoms with Gasteiger partial charge in [0.2, 0.25) is 0 Å². The van der Waals surface area contributed by atoms with Gasteiger partial charge in [0.05, 0.1) is 85.3 Å². The number of morpholine rings is 1. The second-order valence-corrected chi connectivity index (χ2v) is 65.6. The maximum absolute atomic E-state index is 12.2. The maximum atomic E-state index is 12.2. The molecule has 0 amide bonds. The van der Waals surface area contributed by atoms with Crippen LogP contribution < -0.4 is 9.64 Å². The first-order valence-corrected chi connectivity index (χ1v) is 68.8. The first kappa shape index (κ1) is 128. The lowest BCUT2D eigenvalue weighted by molar-refractivity contribution is -0.00522. The van der Waals surface area contributed by atoms with Crippen LogP contribution in [0.4, 0.5) is 5.69 Å². The van der Waals surface area contributed by atoms with Gasteiger partial charge in [-0.2, -0.15) is 0 Å². The number of ether oxygens (including phenoxy) is 2. The van der Waals surface area contributed by atoms with E-state index in [2.05, 4.69) is 189 Å². The second kappa shape index (κ2) is 62.1. The SMILES string of the molecule is CC(C)S(=O)(=O)CC1CCC(CCc2ccc(C(C)(C)C)cc2)CC1.CC(C)S(=O)(=O)CC1CCC(CCc2ccc(Cl)cc2)CC1.CC(C)S(=O)(=O)CC1CCC(CCc2ccc(N3C[C@@H](C)O[C@@H](C)C3)cc2)CC1.CC(C)c1ccc(CCC2CCC(CS(=O)(=O)C(C)C)CC2)cc1.CCC(C)c1ccc(CCC2CCC(CS(=O)(=O)C(C)C)CC2)cc1.COc1ccc(CCC2CCC(CS(=O)(=O)C(C)C)CC2)cc1. The molecule has 1 aliphatic heterocycles. The van der Waals surface area contributed by atoms with Crippen molar-refractivity contribution in [3.05, 3.63) is 201 Å². The highest BCUT2D eigenvalue weighted by molar-refractivity contribution is 7.93. The zero-order chi connectivity index (χ0) is 109. The van der Waals surface area contributed by atoms with E-state index in [4.69, 9.17) is 21.1 Å². The Morgan fingerprint density at radius 3 is 0.709 bits per heavy atom. The number of rotatable bonds is 41. The molecule has 0 spiro atoms. The highest BCUT2D eigenvalue weighted by Crippen LogP contribution is 2.41. The molecule has 15 nitrogen and oxygen atoms in total. The van der Waals surface area contributed by atoms with Crippen LogP contribution in [0.3, 0.4) is 0 Å². The molecule has 1 saturated heterocycles. The van der Waals surface area contributed by atoms with Crippen LogP contribution in [0.5, 0.6) is 5.75 Å². The Morgan fingerprint density at radius 2 is 0.500 bits per heavy atom. The molecule has 0 N–H and O–H groups in total. The van der Waals surface area contributed by atoms with Crippen LogP contribution in [0.2, 0.25) is 5.02 Å². The molecule has 838 valence electrons. The molecule has 7 fully saturated rings. The fourth-order valence-electron chi connectivity index (χ4n) is 22.7. The molecule has 0 aromatic heterocycles. The summed E-state index contributed by atoms with van der Waals surface area (Å²) in [6, 6.07) is 52.8. The van der Waals surface area contributed by atoms with E-state index in [-0.39, 0.29) is 49.1 Å². The number of anilines is 1. The molecule has 6 aromatic carbocycles. The Hall–Kier alpha value is -5.13. The van der Waals surface area contributed by atoms with Gasteiger partial charge in [0, 0.05) is 23.8 Å². The summed E-state index contributed by atoms with van der Waals surface area (Å²) in [6.07, 6.45) is 43.0. The predicted molar refractivity (Wildman–Crippen MR) is 630 cm³/mol. The zero-order valence-electron chi connectivity index (χ0n) is 95.9. The van der Waals surface area contributed by atoms with Crippen LogP contribution in [0.1, 0.15) is 406 Å². The fourth-order valence-corrected chi connectivity index (χ4v) is 31.0. The van der Waals surface area contributed by atoms with E-state index < -0.39 is 59.0 Å². The summed E-state index contributed by atoms with van der Waals surface area (Å²) >= 11 is 5.90. The minimum atomic E-state index is -2.90. The predicted octanol–water partition coefficient (Wildman–Crippen LogP) is 30.7. The smallest absolute Gasteiger partial charge is 0.152 e. The highest BCUT2D eigenvalue weighted by Gasteiger charge is 2.35. The summed E-state index contributed by atoms with van der Waals surface area (Å²) in [5, 5.41) is -0.637. The molecule has 7 aliphatic rings. The van der Waals surface area contributed by atoms with Crippen LogP contribution >= 0.6 is 11.6 Å². The van der Waals surface area contributed by atoms with Crippen molar-refractivity contribution in [3.63, 3.8) is 0 Å². The molecule has 1 heterocycles. The summed E-state index contributed by atoms with van der Waals surface area (Å²) in [5.41, 5.74) is 14.2. The monoisotopic (exact) mass is 2180 g/mol. The van der Waals surface area contributed by atoms with Gasteiger partial charge in [0.15, 0.2) is 59.0 Å². The van der Waals surface area contributed by atoms with Gasteiger partial charge in [-0.1, -0.05) is 246 Å². The molecule has 6 aromatic rings. The molecule has 0 bridgehead atoms. The molecule has 3 atom stereocenters. The van der Waals surface area contributed by atoms with Crippen molar-refractivity contribution in [1.29, 1.82) is 0 Å². The van der Waals surface area contributed by atoms with Crippen molar-refractivity contribution in [2.24, 2.45) is 71.0 Å². The lowest BCUT2D eigenvalue weighted by atomic mass is 9.80. The molecule has 0 radical (unpaired) electrons. The number of aryl methyl sites for hydroxylation is 6. The number of hydrogen-bond acceptors (Lipinski definition) is 15. The van der Waals surface area contributed by atoms with Gasteiger partial charge in [0.1, 0.15) is 5.75 Å². The minimum Gasteiger partial charge on any atom is -0.497 e. The lowest BCUT2D eigenvalue weighted by Crippen LogP contribution is -2.45. The van der Waals surface area contributed by atoms with E-state index in [9.17, 15) is 50.5 Å². The van der Waals surface area contributed by atoms with Gasteiger partial charge < -0.3 is 14.4 Å². The van der Waals surface area contributed by atoms with Crippen LogP contribution in [0.25, 0.3) is 0 Å². The van der Waals surface area contributed by atoms with Gasteiger partial charge in [0.25, 0.3) is 0 Å². The molecule has 148 heavy (non-hydrogen) atoms. The molecule has 22 heteroatoms. The van der Waals surface area contributed by atoms with Gasteiger partial charge in [-0.15, -0.1) is 0 Å². The first-order chi connectivity index (χ1) is 69.7. The minimum absolute atomic E-state index is 0.216. The summed E-state index contributed by atoms with van der Waals surface area (Å²) in [6.45, 7) is 43.5. The third-order valence-electron chi connectivity index (χ3n) is 34.4. The quantitative estimate of drug-likeness (QED) is 0.0348. The number of halogens is 1. The van der Waals surface area contributed by atoms with Crippen LogP contribution in [-0.2, 0) is 108 Å². The number of sulfone groups is 6. The molecule has 6 saturated carbocycles. The van der Waals surface area contributed by atoms with Gasteiger partial charge in [-0.05, 0) is 432 Å². The van der Waals surface area contributed by atoms with E-state index in [0.717, 1.165) is 175 Å². The van der Waals surface area contributed by atoms with E-state index in [1.165, 1.54) is 178 Å². The summed E-state index contributed by atoms with van der Waals surface area (Å²) in [4.78, 5) is 2.43. The third kappa shape index (κ3) is 46.0. The number of benzene rings is 6. The molecular weight excluding hydrogens is 1980 g/mol. The van der Waals surface area contributed by atoms with Crippen molar-refractivity contribution < 1.29 is 60.0 Å². The topological polar surface area (TPSA) is 227 Å². The van der Waals surface area contributed by atoms with Crippen molar-refractivity contribution in [1.82, 2.24) is 0 Å². The Kier molecular flexibility index (Phi) is 53.7. The van der Waals surface area contributed by atoms with Crippen LogP contribution in [-0.4, -0.2) is 149 Å². The van der Waals surface area contributed by atoms with Crippen molar-refractivity contribution >= 4 is 76.3 Å². The number of methoxy groups -OCH3 is 1. The Balaban J connectivity index is 0.000000217. The first-order valence-electron chi connectivity index (χ1n) is 58.1. The van der Waals surface area contributed by atoms with Crippen molar-refractivity contribution in [2.45, 2.75) is 444 Å². The fraction of sp³-hybridized carbons (Fsp3) is 0.714. The zero-order valence-corrected chi connectivity index (χ0v) is 102. The van der Waals surface area contributed by atoms with Gasteiger partial charge >= 0.3 is 0 Å². The van der Waals surface area contributed by atoms with Crippen molar-refractivity contribution in [2.75, 3.05) is 59.6 Å². The van der Waals surface area contributed by atoms with E-state index in [1.54, 1.807) is 90.2 Å². The number of hydrogen-bond donors (Lipinski definition) is 0. The Bertz CT molecular complexity index is 5450. The van der Waals surface area contributed by atoms with E-state index in [1.807, 2.05) is 24.3 Å². The highest BCUT2D eigenvalue weighted by atomic mass is 35.5. The molecule has 6 aliphatic carbocycles. The second-order valence-electron chi connectivity index (χ2n) is 49.5. The Labute approximate surface area is 910 Å².